The maximum Gasteiger partial charge on any atom is 0 e. The topological polar surface area (TPSA) is 114 Å². The smallest absolute Gasteiger partial charge is 0 e. The first-order valence-corrected chi connectivity index (χ1v) is 7.22. The van der Waals surface area contributed by atoms with Crippen LogP contribution < -0.4 is 15.7 Å². The Morgan fingerprint density at radius 1 is 1.00 bits per heavy atom. The Balaban J connectivity index is 0.000000576. The second-order valence-electron chi connectivity index (χ2n) is 3.54. The third-order valence-electron chi connectivity index (χ3n) is 2.20. The second kappa shape index (κ2) is 8.95. The van der Waals surface area contributed by atoms with Crippen molar-refractivity contribution in [3.8, 4) is 11.1 Å². The van der Waals surface area contributed by atoms with E-state index in [1.54, 1.807) is 0 Å². The molecule has 1 radical (unpaired) electrons. The SMILES string of the molecule is Nc1ccc(-c2ccc([NH3+])cc2)cc1.O=[Se]([O-])O.[Co]. The van der Waals surface area contributed by atoms with Crippen LogP contribution in [0.1, 0.15) is 0 Å². The van der Waals surface area contributed by atoms with Crippen molar-refractivity contribution in [1.82, 2.24) is 0 Å². The minimum atomic E-state index is -3.54. The van der Waals surface area contributed by atoms with E-state index in [1.165, 1.54) is 11.1 Å². The predicted octanol–water partition coefficient (Wildman–Crippen LogP) is -0.439. The molecule has 1 unspecified atom stereocenters. The summed E-state index contributed by atoms with van der Waals surface area (Å²) in [7, 11) is 0. The van der Waals surface area contributed by atoms with Crippen LogP contribution in [0.4, 0.5) is 11.4 Å². The summed E-state index contributed by atoms with van der Waals surface area (Å²) in [6.45, 7) is 0. The molecule has 6 N–H and O–H groups in total. The van der Waals surface area contributed by atoms with Crippen molar-refractivity contribution in [1.29, 1.82) is 0 Å². The van der Waals surface area contributed by atoms with Crippen molar-refractivity contribution in [2.24, 2.45) is 0 Å². The van der Waals surface area contributed by atoms with Crippen molar-refractivity contribution in [3.63, 3.8) is 0 Å². The largest absolute Gasteiger partial charge is 0 e. The zero-order valence-corrected chi connectivity index (χ0v) is 12.7. The molecule has 0 aliphatic heterocycles. The third-order valence-corrected chi connectivity index (χ3v) is 2.20. The van der Waals surface area contributed by atoms with E-state index >= 15 is 0 Å². The molecule has 105 valence electrons. The molecule has 0 bridgehead atoms. The van der Waals surface area contributed by atoms with Gasteiger partial charge in [-0.2, -0.15) is 0 Å². The van der Waals surface area contributed by atoms with Gasteiger partial charge in [-0.05, 0) is 47.5 Å². The Bertz CT molecular complexity index is 470. The maximum absolute atomic E-state index is 8.65. The van der Waals surface area contributed by atoms with Gasteiger partial charge in [0.1, 0.15) is 5.69 Å². The van der Waals surface area contributed by atoms with Gasteiger partial charge in [0.2, 0.25) is 0 Å². The summed E-state index contributed by atoms with van der Waals surface area (Å²) in [4.78, 5) is 0. The number of nitrogen functional groups attached to an aromatic ring is 1. The van der Waals surface area contributed by atoms with E-state index in [-0.39, 0.29) is 16.8 Å². The van der Waals surface area contributed by atoms with Crippen LogP contribution in [0.2, 0.25) is 0 Å². The number of nitrogens with two attached hydrogens (primary N) is 1. The van der Waals surface area contributed by atoms with Crippen LogP contribution in [0.3, 0.4) is 0 Å². The van der Waals surface area contributed by atoms with Gasteiger partial charge in [0, 0.05) is 22.5 Å². The van der Waals surface area contributed by atoms with E-state index in [2.05, 4.69) is 17.9 Å². The van der Waals surface area contributed by atoms with Gasteiger partial charge >= 0.3 is 26.7 Å². The summed E-state index contributed by atoms with van der Waals surface area (Å²) in [5.41, 5.74) is 13.7. The van der Waals surface area contributed by atoms with Gasteiger partial charge in [0.15, 0.2) is 0 Å². The molecule has 0 saturated heterocycles. The van der Waals surface area contributed by atoms with Crippen molar-refractivity contribution in [2.45, 2.75) is 0 Å². The van der Waals surface area contributed by atoms with Gasteiger partial charge < -0.3 is 11.5 Å². The molecular formula is C12H14CoN2O3Se. The molecular weight excluding hydrogens is 358 g/mol. The molecule has 2 aromatic rings. The first kappa shape index (κ1) is 17.9. The Kier molecular flexibility index (Phi) is 8.45. The van der Waals surface area contributed by atoms with Gasteiger partial charge in [-0.1, -0.05) is 12.1 Å². The molecule has 2 rings (SSSR count). The zero-order valence-electron chi connectivity index (χ0n) is 9.91. The summed E-state index contributed by atoms with van der Waals surface area (Å²) >= 11 is -3.54. The van der Waals surface area contributed by atoms with Gasteiger partial charge in [-0.25, -0.2) is 0 Å². The predicted molar refractivity (Wildman–Crippen MR) is 67.5 cm³/mol. The molecule has 7 heteroatoms. The zero-order chi connectivity index (χ0) is 13.5. The number of quaternary nitrogens is 1. The number of hydrogen-bond acceptors (Lipinski definition) is 3. The van der Waals surface area contributed by atoms with Crippen LogP contribution in [-0.4, -0.2) is 18.7 Å². The van der Waals surface area contributed by atoms with E-state index in [9.17, 15) is 0 Å². The van der Waals surface area contributed by atoms with E-state index in [0.717, 1.165) is 11.4 Å². The van der Waals surface area contributed by atoms with Crippen LogP contribution in [0.5, 0.6) is 0 Å². The van der Waals surface area contributed by atoms with E-state index in [4.69, 9.17) is 17.9 Å². The monoisotopic (exact) mass is 373 g/mol. The minimum absolute atomic E-state index is 0. The van der Waals surface area contributed by atoms with Crippen molar-refractivity contribution in [2.75, 3.05) is 5.73 Å². The summed E-state index contributed by atoms with van der Waals surface area (Å²) in [5, 5.41) is 0. The Morgan fingerprint density at radius 2 is 1.32 bits per heavy atom. The molecule has 1 atom stereocenters. The average Bonchev–Trinajstić information content (AvgIpc) is 2.31. The average molecular weight is 372 g/mol. The standard InChI is InChI=1S/C12H12N2.Co.H2O3Se/c13-11-5-1-9(2-6-11)10-3-7-12(14)8-4-10;;1-4(2)3/h1-8H,13-14H2;;(H2,1,2,3). The van der Waals surface area contributed by atoms with Crippen LogP contribution >= 0.6 is 0 Å². The quantitative estimate of drug-likeness (QED) is 0.465. The Morgan fingerprint density at radius 3 is 1.68 bits per heavy atom. The number of anilines is 1. The second-order valence-corrected chi connectivity index (χ2v) is 4.45. The molecule has 0 amide bonds. The normalized spacial score (nSPS) is 10.7. The van der Waals surface area contributed by atoms with Gasteiger partial charge in [0.05, 0.1) is 0 Å². The molecule has 0 spiro atoms. The molecule has 0 aliphatic carbocycles. The van der Waals surface area contributed by atoms with Crippen LogP contribution in [0.15, 0.2) is 48.5 Å². The number of rotatable bonds is 1. The van der Waals surface area contributed by atoms with Crippen molar-refractivity contribution < 1.29 is 34.7 Å². The maximum atomic E-state index is 8.65. The summed E-state index contributed by atoms with van der Waals surface area (Å²) in [6, 6.07) is 16.0. The van der Waals surface area contributed by atoms with Crippen molar-refractivity contribution in [3.05, 3.63) is 48.5 Å². The van der Waals surface area contributed by atoms with Crippen LogP contribution in [0, 0.1) is 0 Å². The molecule has 0 aliphatic rings. The van der Waals surface area contributed by atoms with Crippen molar-refractivity contribution >= 4 is 25.9 Å². The molecule has 0 heterocycles. The fourth-order valence-electron chi connectivity index (χ4n) is 1.37. The summed E-state index contributed by atoms with van der Waals surface area (Å²) in [6.07, 6.45) is 0. The van der Waals surface area contributed by atoms with E-state index in [1.807, 2.05) is 36.4 Å². The first-order valence-electron chi connectivity index (χ1n) is 5.05. The Labute approximate surface area is 126 Å². The molecule has 0 fully saturated rings. The summed E-state index contributed by atoms with van der Waals surface area (Å²) < 4.78 is 24.4. The first-order chi connectivity index (χ1) is 8.49. The summed E-state index contributed by atoms with van der Waals surface area (Å²) in [5.74, 6) is 0. The number of hydrogen-bond donors (Lipinski definition) is 3. The van der Waals surface area contributed by atoms with E-state index in [0.29, 0.717) is 0 Å². The molecule has 5 nitrogen and oxygen atoms in total. The third kappa shape index (κ3) is 7.19. The Hall–Kier alpha value is -1.05. The van der Waals surface area contributed by atoms with Gasteiger partial charge in [-0.3, -0.25) is 0 Å². The van der Waals surface area contributed by atoms with Gasteiger partial charge in [-0.15, -0.1) is 0 Å². The molecule has 19 heavy (non-hydrogen) atoms. The fraction of sp³-hybridized carbons (Fsp3) is 0. The molecule has 2 aromatic carbocycles. The van der Waals surface area contributed by atoms with E-state index < -0.39 is 14.5 Å². The number of benzene rings is 2. The van der Waals surface area contributed by atoms with Crippen LogP contribution in [-0.2, 0) is 20.6 Å². The molecule has 0 aromatic heterocycles. The minimum Gasteiger partial charge on any atom is 0 e. The molecule has 0 saturated carbocycles. The fourth-order valence-corrected chi connectivity index (χ4v) is 1.37. The van der Waals surface area contributed by atoms with Gasteiger partial charge in [0.25, 0.3) is 0 Å². The van der Waals surface area contributed by atoms with Crippen LogP contribution in [0.25, 0.3) is 11.1 Å².